The number of para-hydroxylation sites is 1. The van der Waals surface area contributed by atoms with Crippen molar-refractivity contribution in [3.05, 3.63) is 203 Å². The van der Waals surface area contributed by atoms with Crippen LogP contribution >= 0.6 is 0 Å². The largest absolute Gasteiger partial charge is 0.477 e. The second-order valence-corrected chi connectivity index (χ2v) is 15.7. The molecule has 56 heavy (non-hydrogen) atoms. The molecule has 4 heterocycles. The van der Waals surface area contributed by atoms with Gasteiger partial charge in [-0.3, -0.25) is 9.97 Å². The zero-order valence-corrected chi connectivity index (χ0v) is 34.8. The Bertz CT molecular complexity index is 2360. The third kappa shape index (κ3) is 7.70. The van der Waals surface area contributed by atoms with Crippen molar-refractivity contribution in [2.45, 2.75) is 57.8 Å². The van der Waals surface area contributed by atoms with E-state index in [0.717, 1.165) is 56.4 Å². The minimum Gasteiger partial charge on any atom is -0.477 e. The van der Waals surface area contributed by atoms with Crippen molar-refractivity contribution >= 4 is 23.0 Å². The molecule has 0 spiro atoms. The number of carbonyl (C=O) groups is 1. The number of anilines is 3. The molecule has 1 aliphatic heterocycles. The van der Waals surface area contributed by atoms with E-state index in [4.69, 9.17) is 15.1 Å². The van der Waals surface area contributed by atoms with Crippen LogP contribution in [-0.2, 0) is 36.4 Å². The fraction of sp³-hybridized carbons (Fsp3) is 0.184. The Morgan fingerprint density at radius 3 is 1.96 bits per heavy atom. The third-order valence-corrected chi connectivity index (χ3v) is 9.92. The number of pyridine rings is 3. The molecule has 8 rings (SSSR count). The van der Waals surface area contributed by atoms with Crippen LogP contribution in [0, 0.1) is 12.1 Å². The molecule has 0 saturated carbocycles. The standard InChI is InChI=1S/C43H39N3.C6H5NO2.Ir/c1-41(2,3)31-23-25-37-34(28-31)43(39-21-13-14-27-44-39,40-22-15-20-36(45-40)30-16-9-7-10-17-30)35-29-32(42(4,5)6)24-26-38(35)46(37)33-18-11-8-12-19-33;8-6(9)5-3-1-2-4-7-5;/h7-16,18-28H,1-6H3;1-4H,(H,8,9);/q-2;;/t43-;;/m0../s1. The first-order valence-electron chi connectivity index (χ1n) is 18.5. The molecule has 0 unspecified atom stereocenters. The number of aromatic nitrogens is 3. The number of hydrogen-bond donors (Lipinski definition) is 1. The van der Waals surface area contributed by atoms with E-state index >= 15 is 0 Å². The summed E-state index contributed by atoms with van der Waals surface area (Å²) in [6, 6.07) is 54.9. The third-order valence-electron chi connectivity index (χ3n) is 9.92. The van der Waals surface area contributed by atoms with Crippen molar-refractivity contribution in [3.63, 3.8) is 0 Å². The fourth-order valence-corrected chi connectivity index (χ4v) is 7.10. The summed E-state index contributed by atoms with van der Waals surface area (Å²) in [5.74, 6) is -0.990. The van der Waals surface area contributed by atoms with Crippen LogP contribution in [0.2, 0.25) is 0 Å². The number of rotatable bonds is 5. The van der Waals surface area contributed by atoms with Gasteiger partial charge in [0.25, 0.3) is 0 Å². The Kier molecular flexibility index (Phi) is 11.5. The molecule has 1 aliphatic rings. The molecule has 0 saturated heterocycles. The number of carboxylic acids is 1. The van der Waals surface area contributed by atoms with Crippen molar-refractivity contribution in [1.82, 2.24) is 15.0 Å². The summed E-state index contributed by atoms with van der Waals surface area (Å²) in [6.07, 6.45) is 3.35. The molecule has 6 nitrogen and oxygen atoms in total. The quantitative estimate of drug-likeness (QED) is 0.173. The molecule has 1 atom stereocenters. The van der Waals surface area contributed by atoms with Gasteiger partial charge in [-0.1, -0.05) is 102 Å². The molecule has 7 aromatic rings. The number of carboxylic acid groups (broad SMARTS) is 1. The van der Waals surface area contributed by atoms with Gasteiger partial charge in [0.05, 0.1) is 11.1 Å². The molecule has 0 aliphatic carbocycles. The molecule has 7 heteroatoms. The van der Waals surface area contributed by atoms with Gasteiger partial charge in [-0.15, -0.1) is 47.5 Å². The van der Waals surface area contributed by atoms with E-state index in [1.807, 2.05) is 30.5 Å². The predicted octanol–water partition coefficient (Wildman–Crippen LogP) is 11.3. The van der Waals surface area contributed by atoms with E-state index in [-0.39, 0.29) is 36.6 Å². The van der Waals surface area contributed by atoms with Crippen LogP contribution in [0.25, 0.3) is 11.3 Å². The summed E-state index contributed by atoms with van der Waals surface area (Å²) in [4.78, 5) is 26.7. The summed E-state index contributed by atoms with van der Waals surface area (Å²) < 4.78 is 0. The Morgan fingerprint density at radius 1 is 0.679 bits per heavy atom. The van der Waals surface area contributed by atoms with Gasteiger partial charge in [0.2, 0.25) is 0 Å². The van der Waals surface area contributed by atoms with Crippen LogP contribution in [0.4, 0.5) is 17.1 Å². The summed E-state index contributed by atoms with van der Waals surface area (Å²) in [5, 5.41) is 8.32. The maximum atomic E-state index is 10.1. The monoisotopic (exact) mass is 913 g/mol. The van der Waals surface area contributed by atoms with Gasteiger partial charge in [-0.2, -0.15) is 17.7 Å². The zero-order valence-electron chi connectivity index (χ0n) is 32.4. The normalized spacial score (nSPS) is 14.6. The van der Waals surface area contributed by atoms with E-state index in [2.05, 4.69) is 161 Å². The number of hydrogen-bond acceptors (Lipinski definition) is 5. The predicted molar refractivity (Wildman–Crippen MR) is 220 cm³/mol. The van der Waals surface area contributed by atoms with Gasteiger partial charge in [0.1, 0.15) is 5.69 Å². The smallest absolute Gasteiger partial charge is 0.354 e. The first-order valence-corrected chi connectivity index (χ1v) is 18.5. The molecule has 0 amide bonds. The second kappa shape index (κ2) is 16.2. The second-order valence-electron chi connectivity index (χ2n) is 15.7. The number of fused-ring (bicyclic) bond motifs is 2. The number of aromatic carboxylic acids is 1. The van der Waals surface area contributed by atoms with Crippen molar-refractivity contribution in [2.24, 2.45) is 0 Å². The maximum Gasteiger partial charge on any atom is 0.354 e. The Labute approximate surface area is 343 Å². The summed E-state index contributed by atoms with van der Waals surface area (Å²) in [6.45, 7) is 13.6. The summed E-state index contributed by atoms with van der Waals surface area (Å²) in [5.41, 5.74) is 10.5. The van der Waals surface area contributed by atoms with Gasteiger partial charge in [-0.25, -0.2) is 9.78 Å². The number of benzene rings is 4. The molecule has 283 valence electrons. The molecule has 4 aromatic carbocycles. The Balaban J connectivity index is 0.000000470. The van der Waals surface area contributed by atoms with Gasteiger partial charge >= 0.3 is 5.97 Å². The van der Waals surface area contributed by atoms with Gasteiger partial charge < -0.3 is 10.0 Å². The fourth-order valence-electron chi connectivity index (χ4n) is 7.10. The van der Waals surface area contributed by atoms with Crippen LogP contribution in [0.1, 0.15) is 85.7 Å². The average molecular weight is 913 g/mol. The summed E-state index contributed by atoms with van der Waals surface area (Å²) in [7, 11) is 0. The maximum absolute atomic E-state index is 10.1. The van der Waals surface area contributed by atoms with Crippen LogP contribution in [0.3, 0.4) is 0 Å². The van der Waals surface area contributed by atoms with E-state index in [1.54, 1.807) is 12.1 Å². The van der Waals surface area contributed by atoms with Crippen LogP contribution < -0.4 is 4.90 Å². The van der Waals surface area contributed by atoms with Crippen molar-refractivity contribution < 1.29 is 30.0 Å². The van der Waals surface area contributed by atoms with Gasteiger partial charge in [0, 0.05) is 49.6 Å². The van der Waals surface area contributed by atoms with Crippen LogP contribution in [0.5, 0.6) is 0 Å². The topological polar surface area (TPSA) is 79.2 Å². The SMILES string of the molecule is CC(C)(C)c1[c-]c2c(cc1)N(c1ccccc1)c1ccc(C(C)(C)C)cc1[C@]2(c1ccccn1)c1cccc(-c2[c-]cccc2)n1.O=C(O)c1ccccn1.[Ir]. The Morgan fingerprint density at radius 2 is 1.36 bits per heavy atom. The van der Waals surface area contributed by atoms with Gasteiger partial charge in [0.15, 0.2) is 0 Å². The Hall–Kier alpha value is -5.75. The first-order chi connectivity index (χ1) is 26.4. The van der Waals surface area contributed by atoms with Crippen LogP contribution in [0.15, 0.2) is 152 Å². The van der Waals surface area contributed by atoms with E-state index in [0.29, 0.717) is 0 Å². The van der Waals surface area contributed by atoms with Crippen molar-refractivity contribution in [3.8, 4) is 11.3 Å². The van der Waals surface area contributed by atoms with Crippen molar-refractivity contribution in [2.75, 3.05) is 4.90 Å². The van der Waals surface area contributed by atoms with E-state index < -0.39 is 11.4 Å². The molecule has 3 aromatic heterocycles. The number of nitrogens with zero attached hydrogens (tertiary/aromatic N) is 4. The minimum absolute atomic E-state index is 0. The van der Waals surface area contributed by atoms with E-state index in [9.17, 15) is 4.79 Å². The molecule has 1 radical (unpaired) electrons. The molecule has 0 fully saturated rings. The average Bonchev–Trinajstić information content (AvgIpc) is 3.20. The minimum atomic E-state index is -0.990. The van der Waals surface area contributed by atoms with E-state index in [1.165, 1.54) is 17.8 Å². The summed E-state index contributed by atoms with van der Waals surface area (Å²) >= 11 is 0. The van der Waals surface area contributed by atoms with Crippen molar-refractivity contribution in [1.29, 1.82) is 0 Å². The molecular formula is C49H44IrN4O2-2. The zero-order chi connectivity index (χ0) is 38.8. The van der Waals surface area contributed by atoms with Crippen LogP contribution in [-0.4, -0.2) is 26.0 Å². The molecule has 1 N–H and O–H groups in total. The molecule has 0 bridgehead atoms. The first kappa shape index (κ1) is 39.9. The molecular weight excluding hydrogens is 869 g/mol. The van der Waals surface area contributed by atoms with Gasteiger partial charge in [-0.05, 0) is 76.2 Å².